The van der Waals surface area contributed by atoms with Crippen LogP contribution in [-0.4, -0.2) is 44.1 Å². The molecule has 132 valence electrons. The molecule has 0 saturated carbocycles. The smallest absolute Gasteiger partial charge is 0.0591 e. The Bertz CT molecular complexity index is 216. The van der Waals surface area contributed by atoms with Crippen molar-refractivity contribution in [2.24, 2.45) is 17.2 Å². The van der Waals surface area contributed by atoms with Gasteiger partial charge in [0.05, 0.1) is 24.4 Å². The van der Waals surface area contributed by atoms with Crippen LogP contribution in [0.5, 0.6) is 0 Å². The van der Waals surface area contributed by atoms with Gasteiger partial charge in [-0.25, -0.2) is 0 Å². The first-order valence-corrected chi connectivity index (χ1v) is 9.14. The fraction of sp³-hybridized carbons (Fsp3) is 1.00. The third-order valence-corrected chi connectivity index (χ3v) is 4.47. The van der Waals surface area contributed by atoms with Crippen molar-refractivity contribution in [1.82, 2.24) is 0 Å². The number of ether oxygens (including phenoxy) is 2. The molecule has 2 aliphatic rings. The van der Waals surface area contributed by atoms with E-state index in [1.54, 1.807) is 0 Å². The summed E-state index contributed by atoms with van der Waals surface area (Å²) in [6.07, 6.45) is 12.1. The van der Waals surface area contributed by atoms with Crippen LogP contribution in [-0.2, 0) is 9.47 Å². The molecule has 4 atom stereocenters. The van der Waals surface area contributed by atoms with Gasteiger partial charge in [0.25, 0.3) is 0 Å². The molecule has 2 aliphatic heterocycles. The van der Waals surface area contributed by atoms with E-state index in [1.165, 1.54) is 38.5 Å². The topological polar surface area (TPSA) is 96.5 Å². The molecule has 0 unspecified atom stereocenters. The highest BCUT2D eigenvalue weighted by Crippen LogP contribution is 2.24. The van der Waals surface area contributed by atoms with Gasteiger partial charge in [0.1, 0.15) is 0 Å². The van der Waals surface area contributed by atoms with E-state index in [1.807, 2.05) is 0 Å². The summed E-state index contributed by atoms with van der Waals surface area (Å²) in [7, 11) is 0. The molecular formula is C17H37N3O2. The third kappa shape index (κ3) is 7.88. The van der Waals surface area contributed by atoms with Crippen molar-refractivity contribution in [3.8, 4) is 0 Å². The maximum absolute atomic E-state index is 5.76. The Labute approximate surface area is 136 Å². The van der Waals surface area contributed by atoms with E-state index in [0.717, 1.165) is 38.9 Å². The van der Waals surface area contributed by atoms with Gasteiger partial charge >= 0.3 is 0 Å². The van der Waals surface area contributed by atoms with Crippen LogP contribution < -0.4 is 17.2 Å². The fourth-order valence-electron chi connectivity index (χ4n) is 3.29. The van der Waals surface area contributed by atoms with Gasteiger partial charge in [0.2, 0.25) is 0 Å². The first-order valence-electron chi connectivity index (χ1n) is 9.14. The predicted octanol–water partition coefficient (Wildman–Crippen LogP) is 1.91. The van der Waals surface area contributed by atoms with Gasteiger partial charge in [-0.05, 0) is 71.0 Å². The third-order valence-electron chi connectivity index (χ3n) is 4.47. The van der Waals surface area contributed by atoms with Crippen LogP contribution in [0, 0.1) is 0 Å². The molecule has 0 radical (unpaired) electrons. The molecule has 0 bridgehead atoms. The van der Waals surface area contributed by atoms with Crippen LogP contribution in [0.25, 0.3) is 0 Å². The van der Waals surface area contributed by atoms with E-state index >= 15 is 0 Å². The van der Waals surface area contributed by atoms with Crippen molar-refractivity contribution >= 4 is 0 Å². The van der Waals surface area contributed by atoms with Crippen molar-refractivity contribution < 1.29 is 9.47 Å². The number of hydrogen-bond donors (Lipinski definition) is 3. The second kappa shape index (κ2) is 12.3. The van der Waals surface area contributed by atoms with Crippen LogP contribution in [0.15, 0.2) is 0 Å². The van der Waals surface area contributed by atoms with Gasteiger partial charge < -0.3 is 26.7 Å². The zero-order valence-corrected chi connectivity index (χ0v) is 14.3. The number of nitrogens with two attached hydrogens (primary N) is 3. The Balaban J connectivity index is 0.000000220. The van der Waals surface area contributed by atoms with E-state index in [4.69, 9.17) is 26.7 Å². The molecule has 0 aromatic rings. The minimum atomic E-state index is 0.413. The average molecular weight is 316 g/mol. The summed E-state index contributed by atoms with van der Waals surface area (Å²) in [5.41, 5.74) is 16.3. The summed E-state index contributed by atoms with van der Waals surface area (Å²) in [6.45, 7) is 4.45. The molecule has 6 N–H and O–H groups in total. The van der Waals surface area contributed by atoms with Crippen molar-refractivity contribution in [3.05, 3.63) is 0 Å². The molecule has 2 heterocycles. The Morgan fingerprint density at radius 3 is 1.23 bits per heavy atom. The van der Waals surface area contributed by atoms with E-state index in [0.29, 0.717) is 24.4 Å². The van der Waals surface area contributed by atoms with Gasteiger partial charge in [0, 0.05) is 0 Å². The highest BCUT2D eigenvalue weighted by molar-refractivity contribution is 4.74. The quantitative estimate of drug-likeness (QED) is 0.636. The lowest BCUT2D eigenvalue weighted by atomic mass is 10.1. The Morgan fingerprint density at radius 1 is 0.636 bits per heavy atom. The van der Waals surface area contributed by atoms with Crippen molar-refractivity contribution in [2.75, 3.05) is 19.6 Å². The van der Waals surface area contributed by atoms with Crippen molar-refractivity contribution in [1.29, 1.82) is 0 Å². The molecule has 2 rings (SSSR count). The number of hydrogen-bond acceptors (Lipinski definition) is 5. The second-order valence-electron chi connectivity index (χ2n) is 6.44. The maximum Gasteiger partial charge on any atom is 0.0591 e. The minimum absolute atomic E-state index is 0.413. The van der Waals surface area contributed by atoms with Gasteiger partial charge in [-0.2, -0.15) is 0 Å². The van der Waals surface area contributed by atoms with Gasteiger partial charge in [-0.3, -0.25) is 0 Å². The van der Waals surface area contributed by atoms with Crippen molar-refractivity contribution in [2.45, 2.75) is 89.1 Å². The molecule has 2 fully saturated rings. The lowest BCUT2D eigenvalue weighted by Gasteiger charge is -2.11. The van der Waals surface area contributed by atoms with Crippen LogP contribution in [0.4, 0.5) is 0 Å². The Morgan fingerprint density at radius 2 is 0.955 bits per heavy atom. The number of rotatable bonds is 8. The molecule has 22 heavy (non-hydrogen) atoms. The lowest BCUT2D eigenvalue weighted by Crippen LogP contribution is -2.17. The molecular weight excluding hydrogens is 278 g/mol. The summed E-state index contributed by atoms with van der Waals surface area (Å²) in [4.78, 5) is 0. The summed E-state index contributed by atoms with van der Waals surface area (Å²) in [5, 5.41) is 0. The molecule has 2 saturated heterocycles. The van der Waals surface area contributed by atoms with Gasteiger partial charge in [-0.1, -0.05) is 13.3 Å². The first kappa shape index (κ1) is 19.8. The largest absolute Gasteiger partial charge is 0.375 e. The molecule has 0 aromatic heterocycles. The predicted molar refractivity (Wildman–Crippen MR) is 91.7 cm³/mol. The van der Waals surface area contributed by atoms with Crippen LogP contribution in [0.2, 0.25) is 0 Å². The molecule has 5 nitrogen and oxygen atoms in total. The Kier molecular flexibility index (Phi) is 11.1. The molecule has 0 amide bonds. The molecule has 0 aromatic carbocycles. The standard InChI is InChI=1S/C9H19NO.C8H18N2O/c1-2-3-8-4-5-9(11-8)6-7-10;9-5-3-7-1-2-8(11-7)4-6-10/h8-9H,2-7,10H2,1H3;7-8H,1-6,9-10H2/t8-,9+;7-,8+/m1./s1. The van der Waals surface area contributed by atoms with Crippen molar-refractivity contribution in [3.63, 3.8) is 0 Å². The van der Waals surface area contributed by atoms with E-state index in [-0.39, 0.29) is 0 Å². The normalized spacial score (nSPS) is 31.1. The van der Waals surface area contributed by atoms with E-state index in [2.05, 4.69) is 6.92 Å². The maximum atomic E-state index is 5.76. The summed E-state index contributed by atoms with van der Waals surface area (Å²) >= 11 is 0. The zero-order valence-electron chi connectivity index (χ0n) is 14.3. The zero-order chi connectivity index (χ0) is 16.2. The summed E-state index contributed by atoms with van der Waals surface area (Å²) in [5.74, 6) is 0. The first-order chi connectivity index (χ1) is 10.7. The molecule has 5 heteroatoms. The molecule has 0 spiro atoms. The van der Waals surface area contributed by atoms with Gasteiger partial charge in [0.15, 0.2) is 0 Å². The average Bonchev–Trinajstić information content (AvgIpc) is 3.12. The summed E-state index contributed by atoms with van der Waals surface area (Å²) in [6, 6.07) is 0. The summed E-state index contributed by atoms with van der Waals surface area (Å²) < 4.78 is 11.4. The monoisotopic (exact) mass is 315 g/mol. The lowest BCUT2D eigenvalue weighted by molar-refractivity contribution is 0.0372. The van der Waals surface area contributed by atoms with E-state index < -0.39 is 0 Å². The van der Waals surface area contributed by atoms with Crippen LogP contribution >= 0.6 is 0 Å². The van der Waals surface area contributed by atoms with Gasteiger partial charge in [-0.15, -0.1) is 0 Å². The highest BCUT2D eigenvalue weighted by Gasteiger charge is 2.24. The molecule has 0 aliphatic carbocycles. The second-order valence-corrected chi connectivity index (χ2v) is 6.44. The van der Waals surface area contributed by atoms with E-state index in [9.17, 15) is 0 Å². The SMILES string of the molecule is CCC[C@@H]1CC[C@@H](CCN)O1.NCC[C@@H]1CC[C@H](CCN)O1. The minimum Gasteiger partial charge on any atom is -0.375 e. The Hall–Kier alpha value is -0.200. The van der Waals surface area contributed by atoms with Crippen LogP contribution in [0.1, 0.15) is 64.7 Å². The van der Waals surface area contributed by atoms with Crippen LogP contribution in [0.3, 0.4) is 0 Å². The fourth-order valence-corrected chi connectivity index (χ4v) is 3.29. The highest BCUT2D eigenvalue weighted by atomic mass is 16.5.